The van der Waals surface area contributed by atoms with Crippen LogP contribution in [0.2, 0.25) is 0 Å². The number of nitrogens with zero attached hydrogens (tertiary/aromatic N) is 1. The van der Waals surface area contributed by atoms with E-state index >= 15 is 0 Å². The van der Waals surface area contributed by atoms with Gasteiger partial charge in [0.25, 0.3) is 0 Å². The van der Waals surface area contributed by atoms with Crippen LogP contribution < -0.4 is 15.0 Å². The first-order chi connectivity index (χ1) is 11.9. The number of nitrogens with one attached hydrogen (secondary N) is 1. The molecule has 0 aromatic heterocycles. The van der Waals surface area contributed by atoms with E-state index in [2.05, 4.69) is 5.32 Å². The van der Waals surface area contributed by atoms with Crippen LogP contribution in [0.5, 0.6) is 5.75 Å². The molecule has 0 aliphatic carbocycles. The zero-order valence-corrected chi connectivity index (χ0v) is 15.1. The molecule has 1 aliphatic rings. The number of carbonyl (C=O) groups is 1. The van der Waals surface area contributed by atoms with Crippen molar-refractivity contribution in [2.45, 2.75) is 32.4 Å². The van der Waals surface area contributed by atoms with Crippen molar-refractivity contribution in [3.8, 4) is 5.75 Å². The Hall–Kier alpha value is -2.69. The average molecular weight is 340 g/mol. The van der Waals surface area contributed by atoms with Gasteiger partial charge >= 0.3 is 6.09 Å². The van der Waals surface area contributed by atoms with Crippen molar-refractivity contribution in [2.24, 2.45) is 0 Å². The summed E-state index contributed by atoms with van der Waals surface area (Å²) in [4.78, 5) is 14.4. The van der Waals surface area contributed by atoms with E-state index in [1.807, 2.05) is 69.3 Å². The van der Waals surface area contributed by atoms with Gasteiger partial charge in [-0.2, -0.15) is 0 Å². The van der Waals surface area contributed by atoms with Gasteiger partial charge in [0.1, 0.15) is 11.4 Å². The molecule has 1 aliphatic heterocycles. The Morgan fingerprint density at radius 1 is 1.16 bits per heavy atom. The van der Waals surface area contributed by atoms with Gasteiger partial charge in [-0.05, 0) is 50.6 Å². The van der Waals surface area contributed by atoms with E-state index in [0.717, 1.165) is 22.7 Å². The SMILES string of the molecule is COc1cccc([C@@H]2CN(C(=O)OC(C)(C)C)c3ccccc3N2)c1. The summed E-state index contributed by atoms with van der Waals surface area (Å²) >= 11 is 0. The molecule has 0 radical (unpaired) electrons. The number of amides is 1. The summed E-state index contributed by atoms with van der Waals surface area (Å²) in [5.41, 5.74) is 2.26. The van der Waals surface area contributed by atoms with Crippen LogP contribution in [0.15, 0.2) is 48.5 Å². The number of fused-ring (bicyclic) bond motifs is 1. The Labute approximate surface area is 148 Å². The smallest absolute Gasteiger partial charge is 0.414 e. The van der Waals surface area contributed by atoms with Gasteiger partial charge in [0.05, 0.1) is 31.1 Å². The summed E-state index contributed by atoms with van der Waals surface area (Å²) in [6.07, 6.45) is -0.339. The zero-order chi connectivity index (χ0) is 18.0. The van der Waals surface area contributed by atoms with Crippen molar-refractivity contribution in [3.63, 3.8) is 0 Å². The van der Waals surface area contributed by atoms with Crippen LogP contribution in [-0.4, -0.2) is 25.3 Å². The molecule has 3 rings (SSSR count). The number of para-hydroxylation sites is 2. The minimum atomic E-state index is -0.539. The number of benzene rings is 2. The third kappa shape index (κ3) is 3.87. The molecule has 0 unspecified atom stereocenters. The Morgan fingerprint density at radius 3 is 2.64 bits per heavy atom. The third-order valence-corrected chi connectivity index (χ3v) is 4.00. The van der Waals surface area contributed by atoms with Gasteiger partial charge in [0, 0.05) is 0 Å². The molecule has 2 aromatic carbocycles. The lowest BCUT2D eigenvalue weighted by Gasteiger charge is -2.36. The predicted octanol–water partition coefficient (Wildman–Crippen LogP) is 4.60. The molecule has 5 nitrogen and oxygen atoms in total. The topological polar surface area (TPSA) is 50.8 Å². The van der Waals surface area contributed by atoms with E-state index in [1.54, 1.807) is 12.0 Å². The highest BCUT2D eigenvalue weighted by Crippen LogP contribution is 2.36. The maximum Gasteiger partial charge on any atom is 0.414 e. The number of methoxy groups -OCH3 is 1. The second kappa shape index (κ2) is 6.67. The van der Waals surface area contributed by atoms with Gasteiger partial charge < -0.3 is 14.8 Å². The highest BCUT2D eigenvalue weighted by Gasteiger charge is 2.31. The van der Waals surface area contributed by atoms with E-state index in [-0.39, 0.29) is 12.1 Å². The fourth-order valence-electron chi connectivity index (χ4n) is 2.88. The van der Waals surface area contributed by atoms with Crippen LogP contribution in [0, 0.1) is 0 Å². The van der Waals surface area contributed by atoms with Crippen molar-refractivity contribution in [3.05, 3.63) is 54.1 Å². The first kappa shape index (κ1) is 17.1. The largest absolute Gasteiger partial charge is 0.497 e. The van der Waals surface area contributed by atoms with Gasteiger partial charge in [-0.1, -0.05) is 24.3 Å². The normalized spacial score (nSPS) is 16.6. The summed E-state index contributed by atoms with van der Waals surface area (Å²) in [6, 6.07) is 15.6. The molecule has 2 aromatic rings. The quantitative estimate of drug-likeness (QED) is 0.868. The molecule has 1 N–H and O–H groups in total. The van der Waals surface area contributed by atoms with Gasteiger partial charge in [-0.25, -0.2) is 4.79 Å². The molecule has 0 saturated heterocycles. The lowest BCUT2D eigenvalue weighted by atomic mass is 10.0. The van der Waals surface area contributed by atoms with Gasteiger partial charge in [0.15, 0.2) is 0 Å². The van der Waals surface area contributed by atoms with Gasteiger partial charge in [0.2, 0.25) is 0 Å². The number of ether oxygens (including phenoxy) is 2. The Morgan fingerprint density at radius 2 is 1.92 bits per heavy atom. The van der Waals surface area contributed by atoms with Crippen molar-refractivity contribution in [1.82, 2.24) is 0 Å². The molecule has 1 atom stereocenters. The summed E-state index contributed by atoms with van der Waals surface area (Å²) in [6.45, 7) is 6.11. The number of hydrogen-bond acceptors (Lipinski definition) is 4. The van der Waals surface area contributed by atoms with Crippen LogP contribution in [-0.2, 0) is 4.74 Å². The maximum atomic E-state index is 12.7. The molecule has 0 fully saturated rings. The molecule has 1 heterocycles. The molecular formula is C20H24N2O3. The van der Waals surface area contributed by atoms with Crippen molar-refractivity contribution < 1.29 is 14.3 Å². The minimum absolute atomic E-state index is 0.0440. The molecular weight excluding hydrogens is 316 g/mol. The molecule has 1 amide bonds. The third-order valence-electron chi connectivity index (χ3n) is 4.00. The fourth-order valence-corrected chi connectivity index (χ4v) is 2.88. The van der Waals surface area contributed by atoms with E-state index in [9.17, 15) is 4.79 Å². The Bertz CT molecular complexity index is 768. The van der Waals surface area contributed by atoms with Crippen LogP contribution in [0.3, 0.4) is 0 Å². The Balaban J connectivity index is 1.93. The minimum Gasteiger partial charge on any atom is -0.497 e. The molecule has 132 valence electrons. The summed E-state index contributed by atoms with van der Waals surface area (Å²) in [5, 5.41) is 3.51. The Kier molecular flexibility index (Phi) is 4.57. The number of hydrogen-bond donors (Lipinski definition) is 1. The first-order valence-electron chi connectivity index (χ1n) is 8.37. The first-order valence-corrected chi connectivity index (χ1v) is 8.37. The number of anilines is 2. The second-order valence-electron chi connectivity index (χ2n) is 7.08. The fraction of sp³-hybridized carbons (Fsp3) is 0.350. The summed E-state index contributed by atoms with van der Waals surface area (Å²) in [5.74, 6) is 0.793. The molecule has 0 saturated carbocycles. The van der Waals surface area contributed by atoms with E-state index < -0.39 is 5.60 Å². The summed E-state index contributed by atoms with van der Waals surface area (Å²) in [7, 11) is 1.65. The predicted molar refractivity (Wildman–Crippen MR) is 99.4 cm³/mol. The van der Waals surface area contributed by atoms with Gasteiger partial charge in [-0.3, -0.25) is 4.90 Å². The highest BCUT2D eigenvalue weighted by molar-refractivity contribution is 5.93. The summed E-state index contributed by atoms with van der Waals surface area (Å²) < 4.78 is 10.9. The average Bonchev–Trinajstić information content (AvgIpc) is 2.59. The second-order valence-corrected chi connectivity index (χ2v) is 7.08. The number of rotatable bonds is 2. The van der Waals surface area contributed by atoms with Crippen LogP contribution >= 0.6 is 0 Å². The van der Waals surface area contributed by atoms with E-state index in [0.29, 0.717) is 6.54 Å². The maximum absolute atomic E-state index is 12.7. The lowest BCUT2D eigenvalue weighted by Crippen LogP contribution is -2.43. The number of carbonyl (C=O) groups excluding carboxylic acids is 1. The molecule has 25 heavy (non-hydrogen) atoms. The van der Waals surface area contributed by atoms with E-state index in [1.165, 1.54) is 0 Å². The van der Waals surface area contributed by atoms with Crippen LogP contribution in [0.25, 0.3) is 0 Å². The van der Waals surface area contributed by atoms with Crippen molar-refractivity contribution in [2.75, 3.05) is 23.9 Å². The molecule has 0 spiro atoms. The van der Waals surface area contributed by atoms with Crippen LogP contribution in [0.4, 0.5) is 16.2 Å². The van der Waals surface area contributed by atoms with E-state index in [4.69, 9.17) is 9.47 Å². The molecule has 5 heteroatoms. The lowest BCUT2D eigenvalue weighted by molar-refractivity contribution is 0.0577. The van der Waals surface area contributed by atoms with Crippen LogP contribution in [0.1, 0.15) is 32.4 Å². The van der Waals surface area contributed by atoms with Crippen molar-refractivity contribution in [1.29, 1.82) is 0 Å². The highest BCUT2D eigenvalue weighted by atomic mass is 16.6. The monoisotopic (exact) mass is 340 g/mol. The van der Waals surface area contributed by atoms with Gasteiger partial charge in [-0.15, -0.1) is 0 Å². The van der Waals surface area contributed by atoms with Crippen molar-refractivity contribution >= 4 is 17.5 Å². The molecule has 0 bridgehead atoms. The standard InChI is InChI=1S/C20H24N2O3/c1-20(2,3)25-19(23)22-13-17(14-8-7-9-15(12-14)24-4)21-16-10-5-6-11-18(16)22/h5-12,17,21H,13H2,1-4H3/t17-/m0/s1. The zero-order valence-electron chi connectivity index (χ0n) is 15.1.